The van der Waals surface area contributed by atoms with Crippen LogP contribution in [0.15, 0.2) is 24.3 Å². The molecule has 1 aliphatic heterocycles. The largest absolute Gasteiger partial charge is 0.496 e. The smallest absolute Gasteiger partial charge is 0.251 e. The lowest BCUT2D eigenvalue weighted by Crippen LogP contribution is -2.43. The average Bonchev–Trinajstić information content (AvgIpc) is 2.54. The minimum atomic E-state index is -0.335. The number of carbonyl (C=O) groups excluding carboxylic acids is 1. The molecule has 2 rings (SSSR count). The molecule has 0 bridgehead atoms. The number of para-hydroxylation sites is 1. The second kappa shape index (κ2) is 7.46. The number of ether oxygens (including phenoxy) is 2. The van der Waals surface area contributed by atoms with Crippen molar-refractivity contribution in [3.8, 4) is 5.75 Å². The Morgan fingerprint density at radius 1 is 1.33 bits per heavy atom. The van der Waals surface area contributed by atoms with Gasteiger partial charge in [0.15, 0.2) is 0 Å². The van der Waals surface area contributed by atoms with Crippen molar-refractivity contribution < 1.29 is 14.3 Å². The Morgan fingerprint density at radius 3 is 2.62 bits per heavy atom. The van der Waals surface area contributed by atoms with E-state index in [1.54, 1.807) is 7.11 Å². The summed E-state index contributed by atoms with van der Waals surface area (Å²) < 4.78 is 10.8. The third kappa shape index (κ3) is 3.76. The number of likely N-dealkylation sites (tertiary alicyclic amines) is 1. The van der Waals surface area contributed by atoms with Crippen LogP contribution in [-0.2, 0) is 9.53 Å². The van der Waals surface area contributed by atoms with E-state index < -0.39 is 0 Å². The molecule has 0 aromatic heterocycles. The second-order valence-electron chi connectivity index (χ2n) is 5.44. The summed E-state index contributed by atoms with van der Waals surface area (Å²) >= 11 is 0. The van der Waals surface area contributed by atoms with E-state index in [1.807, 2.05) is 36.9 Å². The SMILES string of the molecule is CCO[C@@H](C)C(=O)N1CCC(c2ccccc2OC)CC1. The first kappa shape index (κ1) is 15.8. The normalized spacial score (nSPS) is 17.6. The molecule has 0 aliphatic carbocycles. The number of piperidine rings is 1. The van der Waals surface area contributed by atoms with Crippen molar-refractivity contribution in [1.82, 2.24) is 4.90 Å². The number of amides is 1. The number of rotatable bonds is 5. The molecule has 1 aromatic rings. The average molecular weight is 291 g/mol. The van der Waals surface area contributed by atoms with Crippen molar-refractivity contribution in [3.05, 3.63) is 29.8 Å². The van der Waals surface area contributed by atoms with Gasteiger partial charge < -0.3 is 14.4 Å². The summed E-state index contributed by atoms with van der Waals surface area (Å²) in [5.41, 5.74) is 1.25. The molecule has 1 amide bonds. The second-order valence-corrected chi connectivity index (χ2v) is 5.44. The molecule has 1 aromatic carbocycles. The van der Waals surface area contributed by atoms with Gasteiger partial charge in [-0.2, -0.15) is 0 Å². The molecular formula is C17H25NO3. The van der Waals surface area contributed by atoms with Crippen molar-refractivity contribution in [3.63, 3.8) is 0 Å². The highest BCUT2D eigenvalue weighted by molar-refractivity contribution is 5.80. The van der Waals surface area contributed by atoms with Crippen LogP contribution >= 0.6 is 0 Å². The van der Waals surface area contributed by atoms with Crippen molar-refractivity contribution >= 4 is 5.91 Å². The van der Waals surface area contributed by atoms with Gasteiger partial charge in [-0.15, -0.1) is 0 Å². The lowest BCUT2D eigenvalue weighted by molar-refractivity contribution is -0.143. The number of carbonyl (C=O) groups is 1. The number of benzene rings is 1. The van der Waals surface area contributed by atoms with Gasteiger partial charge in [0, 0.05) is 19.7 Å². The maximum absolute atomic E-state index is 12.2. The Labute approximate surface area is 127 Å². The van der Waals surface area contributed by atoms with E-state index in [4.69, 9.17) is 9.47 Å². The summed E-state index contributed by atoms with van der Waals surface area (Å²) in [4.78, 5) is 14.2. The van der Waals surface area contributed by atoms with Gasteiger partial charge in [0.25, 0.3) is 5.91 Å². The van der Waals surface area contributed by atoms with Crippen molar-refractivity contribution in [1.29, 1.82) is 0 Å². The molecule has 4 heteroatoms. The van der Waals surface area contributed by atoms with Crippen LogP contribution in [0.25, 0.3) is 0 Å². The topological polar surface area (TPSA) is 38.8 Å². The summed E-state index contributed by atoms with van der Waals surface area (Å²) in [6, 6.07) is 8.17. The minimum absolute atomic E-state index is 0.107. The van der Waals surface area contributed by atoms with Crippen molar-refractivity contribution in [2.24, 2.45) is 0 Å². The molecule has 116 valence electrons. The van der Waals surface area contributed by atoms with E-state index in [0.717, 1.165) is 31.7 Å². The van der Waals surface area contributed by atoms with Crippen LogP contribution in [0.2, 0.25) is 0 Å². The molecule has 1 fully saturated rings. The Hall–Kier alpha value is -1.55. The number of methoxy groups -OCH3 is 1. The highest BCUT2D eigenvalue weighted by atomic mass is 16.5. The van der Waals surface area contributed by atoms with Crippen LogP contribution in [0.5, 0.6) is 5.75 Å². The highest BCUT2D eigenvalue weighted by Gasteiger charge is 2.27. The van der Waals surface area contributed by atoms with Crippen molar-refractivity contribution in [2.75, 3.05) is 26.8 Å². The molecule has 0 spiro atoms. The Bertz CT molecular complexity index is 467. The molecule has 21 heavy (non-hydrogen) atoms. The van der Waals surface area contributed by atoms with E-state index in [-0.39, 0.29) is 12.0 Å². The van der Waals surface area contributed by atoms with Gasteiger partial charge in [0.1, 0.15) is 11.9 Å². The van der Waals surface area contributed by atoms with Crippen LogP contribution in [0.3, 0.4) is 0 Å². The van der Waals surface area contributed by atoms with Crippen molar-refractivity contribution in [2.45, 2.75) is 38.7 Å². The van der Waals surface area contributed by atoms with E-state index >= 15 is 0 Å². The van der Waals surface area contributed by atoms with Crippen LogP contribution in [-0.4, -0.2) is 43.7 Å². The van der Waals surface area contributed by atoms with Gasteiger partial charge in [-0.3, -0.25) is 4.79 Å². The van der Waals surface area contributed by atoms with Crippen LogP contribution in [0.1, 0.15) is 38.2 Å². The Morgan fingerprint density at radius 2 is 2.00 bits per heavy atom. The lowest BCUT2D eigenvalue weighted by atomic mass is 9.88. The van der Waals surface area contributed by atoms with Gasteiger partial charge in [-0.05, 0) is 44.2 Å². The third-order valence-corrected chi connectivity index (χ3v) is 4.15. The molecular weight excluding hydrogens is 266 g/mol. The molecule has 0 radical (unpaired) electrons. The third-order valence-electron chi connectivity index (χ3n) is 4.15. The molecule has 0 N–H and O–H groups in total. The zero-order chi connectivity index (χ0) is 15.2. The van der Waals surface area contributed by atoms with Crippen LogP contribution in [0.4, 0.5) is 0 Å². The molecule has 1 aliphatic rings. The zero-order valence-electron chi connectivity index (χ0n) is 13.2. The molecule has 4 nitrogen and oxygen atoms in total. The predicted octanol–water partition coefficient (Wildman–Crippen LogP) is 2.83. The zero-order valence-corrected chi connectivity index (χ0v) is 13.2. The molecule has 0 unspecified atom stereocenters. The maximum atomic E-state index is 12.2. The number of hydrogen-bond acceptors (Lipinski definition) is 3. The lowest BCUT2D eigenvalue weighted by Gasteiger charge is -2.34. The Balaban J connectivity index is 1.95. The summed E-state index contributed by atoms with van der Waals surface area (Å²) in [6.45, 7) is 5.90. The van der Waals surface area contributed by atoms with E-state index in [1.165, 1.54) is 5.56 Å². The quantitative estimate of drug-likeness (QED) is 0.837. The predicted molar refractivity (Wildman–Crippen MR) is 82.6 cm³/mol. The summed E-state index contributed by atoms with van der Waals surface area (Å²) in [5.74, 6) is 1.52. The van der Waals surface area contributed by atoms with Gasteiger partial charge in [-0.25, -0.2) is 0 Å². The molecule has 0 saturated carbocycles. The standard InChI is InChI=1S/C17H25NO3/c1-4-21-13(2)17(19)18-11-9-14(10-12-18)15-7-5-6-8-16(15)20-3/h5-8,13-14H,4,9-12H2,1-3H3/t13-/m0/s1. The fraction of sp³-hybridized carbons (Fsp3) is 0.588. The van der Waals surface area contributed by atoms with E-state index in [0.29, 0.717) is 12.5 Å². The molecule has 1 heterocycles. The van der Waals surface area contributed by atoms with Gasteiger partial charge in [0.05, 0.1) is 7.11 Å². The first-order chi connectivity index (χ1) is 10.2. The van der Waals surface area contributed by atoms with E-state index in [9.17, 15) is 4.79 Å². The molecule has 1 atom stereocenters. The summed E-state index contributed by atoms with van der Waals surface area (Å²) in [5, 5.41) is 0. The fourth-order valence-electron chi connectivity index (χ4n) is 2.99. The summed E-state index contributed by atoms with van der Waals surface area (Å²) in [7, 11) is 1.71. The van der Waals surface area contributed by atoms with E-state index in [2.05, 4.69) is 6.07 Å². The van der Waals surface area contributed by atoms with Gasteiger partial charge in [0.2, 0.25) is 0 Å². The number of nitrogens with zero attached hydrogens (tertiary/aromatic N) is 1. The first-order valence-corrected chi connectivity index (χ1v) is 7.70. The number of hydrogen-bond donors (Lipinski definition) is 0. The van der Waals surface area contributed by atoms with Crippen LogP contribution < -0.4 is 4.74 Å². The minimum Gasteiger partial charge on any atom is -0.496 e. The summed E-state index contributed by atoms with van der Waals surface area (Å²) in [6.07, 6.45) is 1.62. The van der Waals surface area contributed by atoms with Gasteiger partial charge >= 0.3 is 0 Å². The monoisotopic (exact) mass is 291 g/mol. The first-order valence-electron chi connectivity index (χ1n) is 7.70. The van der Waals surface area contributed by atoms with Gasteiger partial charge in [-0.1, -0.05) is 18.2 Å². The fourth-order valence-corrected chi connectivity index (χ4v) is 2.99. The maximum Gasteiger partial charge on any atom is 0.251 e. The highest BCUT2D eigenvalue weighted by Crippen LogP contribution is 2.34. The Kier molecular flexibility index (Phi) is 5.62. The molecule has 1 saturated heterocycles. The van der Waals surface area contributed by atoms with Crippen LogP contribution in [0, 0.1) is 0 Å².